The molecular formula is C16H26N2O2. The molecule has 0 bridgehead atoms. The topological polar surface area (TPSA) is 52.6 Å². The van der Waals surface area contributed by atoms with Crippen molar-refractivity contribution >= 4 is 5.91 Å². The van der Waals surface area contributed by atoms with E-state index in [2.05, 4.69) is 24.1 Å². The summed E-state index contributed by atoms with van der Waals surface area (Å²) in [4.78, 5) is 14.3. The van der Waals surface area contributed by atoms with E-state index in [1.54, 1.807) is 12.1 Å². The van der Waals surface area contributed by atoms with Crippen LogP contribution in [-0.4, -0.2) is 42.6 Å². The van der Waals surface area contributed by atoms with Crippen LogP contribution in [0.2, 0.25) is 0 Å². The van der Waals surface area contributed by atoms with Gasteiger partial charge in [0.1, 0.15) is 5.75 Å². The minimum absolute atomic E-state index is 0.112. The highest BCUT2D eigenvalue weighted by atomic mass is 16.3. The van der Waals surface area contributed by atoms with E-state index in [0.29, 0.717) is 11.5 Å². The Morgan fingerprint density at radius 2 is 2.00 bits per heavy atom. The van der Waals surface area contributed by atoms with Gasteiger partial charge in [0.2, 0.25) is 0 Å². The summed E-state index contributed by atoms with van der Waals surface area (Å²) in [5, 5.41) is 12.7. The lowest BCUT2D eigenvalue weighted by atomic mass is 10.0. The molecule has 20 heavy (non-hydrogen) atoms. The van der Waals surface area contributed by atoms with Crippen molar-refractivity contribution < 1.29 is 9.90 Å². The fraction of sp³-hybridized carbons (Fsp3) is 0.562. The molecule has 0 aliphatic heterocycles. The fourth-order valence-electron chi connectivity index (χ4n) is 2.21. The third kappa shape index (κ3) is 5.21. The van der Waals surface area contributed by atoms with E-state index in [1.807, 2.05) is 21.0 Å². The van der Waals surface area contributed by atoms with E-state index in [9.17, 15) is 9.90 Å². The summed E-state index contributed by atoms with van der Waals surface area (Å²) >= 11 is 0. The standard InChI is InChI=1S/C16H26N2O2/c1-11(2)8-14(10-18(4)5)17-16(20)13-7-6-12(3)15(19)9-13/h6-7,9,11,14,19H,8,10H2,1-5H3,(H,17,20). The molecular weight excluding hydrogens is 252 g/mol. The number of aromatic hydroxyl groups is 1. The minimum atomic E-state index is -0.132. The molecule has 1 aromatic rings. The highest BCUT2D eigenvalue weighted by Crippen LogP contribution is 2.17. The predicted octanol–water partition coefficient (Wildman–Crippen LogP) is 2.41. The summed E-state index contributed by atoms with van der Waals surface area (Å²) in [6.45, 7) is 6.91. The molecule has 0 aliphatic carbocycles. The van der Waals surface area contributed by atoms with Gasteiger partial charge in [-0.05, 0) is 51.1 Å². The maximum Gasteiger partial charge on any atom is 0.251 e. The summed E-state index contributed by atoms with van der Waals surface area (Å²) < 4.78 is 0. The zero-order chi connectivity index (χ0) is 15.3. The molecule has 0 heterocycles. The van der Waals surface area contributed by atoms with Gasteiger partial charge in [-0.25, -0.2) is 0 Å². The Morgan fingerprint density at radius 1 is 1.35 bits per heavy atom. The van der Waals surface area contributed by atoms with Crippen molar-refractivity contribution in [2.75, 3.05) is 20.6 Å². The number of aryl methyl sites for hydroxylation is 1. The number of amides is 1. The van der Waals surface area contributed by atoms with Crippen LogP contribution in [-0.2, 0) is 0 Å². The number of hydrogen-bond acceptors (Lipinski definition) is 3. The van der Waals surface area contributed by atoms with Gasteiger partial charge < -0.3 is 15.3 Å². The number of rotatable bonds is 6. The maximum absolute atomic E-state index is 12.2. The molecule has 0 aliphatic rings. The second-order valence-corrected chi connectivity index (χ2v) is 6.06. The maximum atomic E-state index is 12.2. The van der Waals surface area contributed by atoms with Gasteiger partial charge in [-0.2, -0.15) is 0 Å². The number of benzene rings is 1. The van der Waals surface area contributed by atoms with E-state index >= 15 is 0 Å². The van der Waals surface area contributed by atoms with Gasteiger partial charge in [-0.15, -0.1) is 0 Å². The first kappa shape index (κ1) is 16.5. The lowest BCUT2D eigenvalue weighted by Crippen LogP contribution is -2.42. The van der Waals surface area contributed by atoms with Crippen molar-refractivity contribution in [2.45, 2.75) is 33.2 Å². The quantitative estimate of drug-likeness (QED) is 0.840. The Bertz CT molecular complexity index is 446. The number of carbonyl (C=O) groups excluding carboxylic acids is 1. The second-order valence-electron chi connectivity index (χ2n) is 6.06. The molecule has 0 radical (unpaired) electrons. The first-order valence-corrected chi connectivity index (χ1v) is 7.04. The van der Waals surface area contributed by atoms with Crippen LogP contribution in [0.3, 0.4) is 0 Å². The summed E-state index contributed by atoms with van der Waals surface area (Å²) in [5.41, 5.74) is 1.27. The molecule has 0 saturated heterocycles. The van der Waals surface area contributed by atoms with E-state index in [0.717, 1.165) is 18.5 Å². The largest absolute Gasteiger partial charge is 0.508 e. The molecule has 0 fully saturated rings. The average Bonchev–Trinajstić information content (AvgIpc) is 2.30. The molecule has 0 spiro atoms. The van der Waals surface area contributed by atoms with E-state index in [1.165, 1.54) is 6.07 Å². The second kappa shape index (κ2) is 7.29. The van der Waals surface area contributed by atoms with Crippen LogP contribution >= 0.6 is 0 Å². The van der Waals surface area contributed by atoms with Gasteiger partial charge in [0.25, 0.3) is 5.91 Å². The fourth-order valence-corrected chi connectivity index (χ4v) is 2.21. The Kier molecular flexibility index (Phi) is 6.02. The number of carbonyl (C=O) groups is 1. The van der Waals surface area contributed by atoms with Gasteiger partial charge >= 0.3 is 0 Å². The summed E-state index contributed by atoms with van der Waals surface area (Å²) in [6.07, 6.45) is 0.932. The van der Waals surface area contributed by atoms with Crippen LogP contribution in [0.5, 0.6) is 5.75 Å². The summed E-state index contributed by atoms with van der Waals surface area (Å²) in [7, 11) is 3.99. The molecule has 4 nitrogen and oxygen atoms in total. The van der Waals surface area contributed by atoms with Gasteiger partial charge in [0, 0.05) is 18.2 Å². The SMILES string of the molecule is Cc1ccc(C(=O)NC(CC(C)C)CN(C)C)cc1O. The Balaban J connectivity index is 2.76. The highest BCUT2D eigenvalue weighted by molar-refractivity contribution is 5.94. The van der Waals surface area contributed by atoms with Crippen LogP contribution < -0.4 is 5.32 Å². The number of phenolic OH excluding ortho intramolecular Hbond substituents is 1. The lowest BCUT2D eigenvalue weighted by molar-refractivity contribution is 0.0924. The Labute approximate surface area is 121 Å². The normalized spacial score (nSPS) is 12.8. The third-order valence-corrected chi connectivity index (χ3v) is 3.15. The van der Waals surface area contributed by atoms with Crippen molar-refractivity contribution in [2.24, 2.45) is 5.92 Å². The van der Waals surface area contributed by atoms with Crippen LogP contribution in [0.4, 0.5) is 0 Å². The Morgan fingerprint density at radius 3 is 2.50 bits per heavy atom. The lowest BCUT2D eigenvalue weighted by Gasteiger charge is -2.24. The van der Waals surface area contributed by atoms with Gasteiger partial charge in [-0.3, -0.25) is 4.79 Å². The molecule has 1 atom stereocenters. The van der Waals surface area contributed by atoms with E-state index in [-0.39, 0.29) is 17.7 Å². The van der Waals surface area contributed by atoms with Gasteiger partial charge in [0.05, 0.1) is 0 Å². The highest BCUT2D eigenvalue weighted by Gasteiger charge is 2.16. The Hall–Kier alpha value is -1.55. The number of hydrogen-bond donors (Lipinski definition) is 2. The van der Waals surface area contributed by atoms with Crippen LogP contribution in [0.15, 0.2) is 18.2 Å². The van der Waals surface area contributed by atoms with Crippen LogP contribution in [0.1, 0.15) is 36.2 Å². The molecule has 1 rings (SSSR count). The predicted molar refractivity (Wildman–Crippen MR) is 82.1 cm³/mol. The minimum Gasteiger partial charge on any atom is -0.508 e. The molecule has 0 saturated carbocycles. The smallest absolute Gasteiger partial charge is 0.251 e. The number of likely N-dealkylation sites (N-methyl/N-ethyl adjacent to an activating group) is 1. The van der Waals surface area contributed by atoms with Crippen molar-refractivity contribution in [3.63, 3.8) is 0 Å². The number of nitrogens with zero attached hydrogens (tertiary/aromatic N) is 1. The van der Waals surface area contributed by atoms with Crippen molar-refractivity contribution in [1.82, 2.24) is 10.2 Å². The van der Waals surface area contributed by atoms with Crippen molar-refractivity contribution in [1.29, 1.82) is 0 Å². The average molecular weight is 278 g/mol. The van der Waals surface area contributed by atoms with Gasteiger partial charge in [-0.1, -0.05) is 19.9 Å². The van der Waals surface area contributed by atoms with Crippen molar-refractivity contribution in [3.8, 4) is 5.75 Å². The first-order chi connectivity index (χ1) is 9.29. The van der Waals surface area contributed by atoms with E-state index < -0.39 is 0 Å². The zero-order valence-corrected chi connectivity index (χ0v) is 13.1. The molecule has 112 valence electrons. The van der Waals surface area contributed by atoms with Crippen LogP contribution in [0.25, 0.3) is 0 Å². The molecule has 4 heteroatoms. The molecule has 1 unspecified atom stereocenters. The van der Waals surface area contributed by atoms with Gasteiger partial charge in [0.15, 0.2) is 0 Å². The molecule has 2 N–H and O–H groups in total. The molecule has 1 amide bonds. The zero-order valence-electron chi connectivity index (χ0n) is 13.1. The summed E-state index contributed by atoms with van der Waals surface area (Å²) in [6, 6.07) is 5.13. The van der Waals surface area contributed by atoms with Crippen molar-refractivity contribution in [3.05, 3.63) is 29.3 Å². The van der Waals surface area contributed by atoms with E-state index in [4.69, 9.17) is 0 Å². The number of phenols is 1. The first-order valence-electron chi connectivity index (χ1n) is 7.04. The molecule has 1 aromatic carbocycles. The summed E-state index contributed by atoms with van der Waals surface area (Å²) in [5.74, 6) is 0.546. The van der Waals surface area contributed by atoms with Crippen LogP contribution in [0, 0.1) is 12.8 Å². The monoisotopic (exact) mass is 278 g/mol. The third-order valence-electron chi connectivity index (χ3n) is 3.15. The molecule has 0 aromatic heterocycles. The number of nitrogens with one attached hydrogen (secondary N) is 1.